The molecule has 7 nitrogen and oxygen atoms in total. The van der Waals surface area contributed by atoms with Crippen molar-refractivity contribution in [3.63, 3.8) is 0 Å². The van der Waals surface area contributed by atoms with E-state index in [1.807, 2.05) is 24.3 Å². The summed E-state index contributed by atoms with van der Waals surface area (Å²) in [4.78, 5) is 26.5. The molecule has 26 heavy (non-hydrogen) atoms. The van der Waals surface area contributed by atoms with E-state index in [1.54, 1.807) is 25.0 Å². The zero-order valence-corrected chi connectivity index (χ0v) is 15.0. The van der Waals surface area contributed by atoms with E-state index in [9.17, 15) is 9.59 Å². The van der Waals surface area contributed by atoms with Crippen LogP contribution < -0.4 is 10.1 Å². The Morgan fingerprint density at radius 1 is 1.42 bits per heavy atom. The SMILES string of the molecule is COc1ccccc1CN1C[C@@H](C(=O)NCc2cc(C)on2)CCC1=O. The minimum atomic E-state index is -0.226. The van der Waals surface area contributed by atoms with Crippen LogP contribution in [0.3, 0.4) is 0 Å². The van der Waals surface area contributed by atoms with Gasteiger partial charge in [0.15, 0.2) is 0 Å². The molecule has 7 heteroatoms. The zero-order chi connectivity index (χ0) is 18.5. The average molecular weight is 357 g/mol. The average Bonchev–Trinajstić information content (AvgIpc) is 3.07. The van der Waals surface area contributed by atoms with Crippen LogP contribution >= 0.6 is 0 Å². The van der Waals surface area contributed by atoms with Gasteiger partial charge in [-0.25, -0.2) is 0 Å². The third-order valence-corrected chi connectivity index (χ3v) is 4.55. The molecule has 0 radical (unpaired) electrons. The van der Waals surface area contributed by atoms with Crippen molar-refractivity contribution in [2.45, 2.75) is 32.9 Å². The van der Waals surface area contributed by atoms with E-state index in [0.717, 1.165) is 11.3 Å². The Hall–Kier alpha value is -2.83. The van der Waals surface area contributed by atoms with E-state index in [-0.39, 0.29) is 17.7 Å². The first kappa shape index (κ1) is 18.0. The third-order valence-electron chi connectivity index (χ3n) is 4.55. The summed E-state index contributed by atoms with van der Waals surface area (Å²) in [6, 6.07) is 9.40. The Morgan fingerprint density at radius 3 is 2.96 bits per heavy atom. The number of hydrogen-bond donors (Lipinski definition) is 1. The lowest BCUT2D eigenvalue weighted by atomic mass is 9.96. The molecule has 1 N–H and O–H groups in total. The lowest BCUT2D eigenvalue weighted by Gasteiger charge is -2.32. The molecule has 2 amide bonds. The summed E-state index contributed by atoms with van der Waals surface area (Å²) in [6.45, 7) is 2.98. The maximum absolute atomic E-state index is 12.5. The fourth-order valence-electron chi connectivity index (χ4n) is 3.14. The molecule has 3 rings (SSSR count). The number of amides is 2. The van der Waals surface area contributed by atoms with Crippen molar-refractivity contribution in [3.05, 3.63) is 47.3 Å². The summed E-state index contributed by atoms with van der Waals surface area (Å²) in [7, 11) is 1.61. The van der Waals surface area contributed by atoms with Gasteiger partial charge in [0.05, 0.1) is 19.6 Å². The number of carbonyl (C=O) groups excluding carboxylic acids is 2. The molecule has 1 aromatic heterocycles. The molecule has 1 fully saturated rings. The van der Waals surface area contributed by atoms with Gasteiger partial charge in [0.2, 0.25) is 11.8 Å². The van der Waals surface area contributed by atoms with Crippen molar-refractivity contribution in [3.8, 4) is 5.75 Å². The molecule has 1 aliphatic rings. The van der Waals surface area contributed by atoms with Crippen molar-refractivity contribution in [2.75, 3.05) is 13.7 Å². The van der Waals surface area contributed by atoms with Crippen molar-refractivity contribution in [1.29, 1.82) is 0 Å². The van der Waals surface area contributed by atoms with E-state index >= 15 is 0 Å². The molecule has 0 saturated carbocycles. The van der Waals surface area contributed by atoms with Gasteiger partial charge in [0, 0.05) is 31.1 Å². The number of para-hydroxylation sites is 1. The van der Waals surface area contributed by atoms with E-state index in [2.05, 4.69) is 10.5 Å². The van der Waals surface area contributed by atoms with Crippen molar-refractivity contribution >= 4 is 11.8 Å². The Bertz CT molecular complexity index is 787. The number of carbonyl (C=O) groups is 2. The molecule has 1 saturated heterocycles. The van der Waals surface area contributed by atoms with E-state index in [0.29, 0.717) is 43.9 Å². The molecule has 2 aromatic rings. The van der Waals surface area contributed by atoms with Gasteiger partial charge in [0.1, 0.15) is 17.2 Å². The van der Waals surface area contributed by atoms with Gasteiger partial charge in [-0.2, -0.15) is 0 Å². The minimum Gasteiger partial charge on any atom is -0.496 e. The van der Waals surface area contributed by atoms with Crippen LogP contribution in [0.15, 0.2) is 34.9 Å². The zero-order valence-electron chi connectivity index (χ0n) is 15.0. The maximum atomic E-state index is 12.5. The Morgan fingerprint density at radius 2 is 2.23 bits per heavy atom. The number of hydrogen-bond acceptors (Lipinski definition) is 5. The Balaban J connectivity index is 1.60. The quantitative estimate of drug-likeness (QED) is 0.855. The number of aromatic nitrogens is 1. The van der Waals surface area contributed by atoms with Crippen LogP contribution in [0, 0.1) is 12.8 Å². The second-order valence-electron chi connectivity index (χ2n) is 6.47. The number of methoxy groups -OCH3 is 1. The van der Waals surface area contributed by atoms with Crippen LogP contribution in [0.25, 0.3) is 0 Å². The van der Waals surface area contributed by atoms with Crippen LogP contribution in [-0.4, -0.2) is 35.5 Å². The van der Waals surface area contributed by atoms with Gasteiger partial charge in [0.25, 0.3) is 0 Å². The highest BCUT2D eigenvalue weighted by Crippen LogP contribution is 2.24. The predicted molar refractivity (Wildman–Crippen MR) is 94.2 cm³/mol. The van der Waals surface area contributed by atoms with Crippen LogP contribution in [0.4, 0.5) is 0 Å². The van der Waals surface area contributed by atoms with Gasteiger partial charge >= 0.3 is 0 Å². The van der Waals surface area contributed by atoms with Crippen LogP contribution in [0.5, 0.6) is 5.75 Å². The van der Waals surface area contributed by atoms with Crippen LogP contribution in [0.2, 0.25) is 0 Å². The van der Waals surface area contributed by atoms with E-state index < -0.39 is 0 Å². The number of nitrogens with one attached hydrogen (secondary N) is 1. The fourth-order valence-corrected chi connectivity index (χ4v) is 3.14. The summed E-state index contributed by atoms with van der Waals surface area (Å²) in [5, 5.41) is 6.75. The van der Waals surface area contributed by atoms with E-state index in [4.69, 9.17) is 9.26 Å². The molecule has 0 spiro atoms. The van der Waals surface area contributed by atoms with E-state index in [1.165, 1.54) is 0 Å². The number of benzene rings is 1. The number of rotatable bonds is 6. The van der Waals surface area contributed by atoms with Crippen LogP contribution in [-0.2, 0) is 22.7 Å². The van der Waals surface area contributed by atoms with Crippen LogP contribution in [0.1, 0.15) is 29.9 Å². The third kappa shape index (κ3) is 4.22. The van der Waals surface area contributed by atoms with Gasteiger partial charge in [-0.1, -0.05) is 23.4 Å². The molecule has 0 bridgehead atoms. The molecule has 2 heterocycles. The summed E-state index contributed by atoms with van der Waals surface area (Å²) in [6.07, 6.45) is 0.932. The highest BCUT2D eigenvalue weighted by Gasteiger charge is 2.30. The minimum absolute atomic E-state index is 0.0621. The molecule has 1 aliphatic heterocycles. The maximum Gasteiger partial charge on any atom is 0.225 e. The summed E-state index contributed by atoms with van der Waals surface area (Å²) < 4.78 is 10.3. The standard InChI is InChI=1S/C19H23N3O4/c1-13-9-16(21-26-13)10-20-19(24)15-7-8-18(23)22(12-15)11-14-5-3-4-6-17(14)25-2/h3-6,9,15H,7-8,10-12H2,1-2H3,(H,20,24)/t15-/m0/s1. The second-order valence-corrected chi connectivity index (χ2v) is 6.47. The number of ether oxygens (including phenoxy) is 1. The molecule has 0 unspecified atom stereocenters. The van der Waals surface area contributed by atoms with Crippen molar-refractivity contribution in [1.82, 2.24) is 15.4 Å². The van der Waals surface area contributed by atoms with Gasteiger partial charge in [-0.15, -0.1) is 0 Å². The highest BCUT2D eigenvalue weighted by molar-refractivity contribution is 5.83. The Labute approximate surface area is 152 Å². The first-order valence-electron chi connectivity index (χ1n) is 8.66. The first-order chi connectivity index (χ1) is 12.6. The van der Waals surface area contributed by atoms with Gasteiger partial charge in [-0.05, 0) is 19.4 Å². The molecule has 1 atom stereocenters. The molecule has 1 aromatic carbocycles. The number of likely N-dealkylation sites (tertiary alicyclic amines) is 1. The van der Waals surface area contributed by atoms with Gasteiger partial charge < -0.3 is 19.5 Å². The fraction of sp³-hybridized carbons (Fsp3) is 0.421. The predicted octanol–water partition coefficient (Wildman–Crippen LogP) is 2.05. The topological polar surface area (TPSA) is 84.7 Å². The largest absolute Gasteiger partial charge is 0.496 e. The normalized spacial score (nSPS) is 17.2. The molecule has 0 aliphatic carbocycles. The summed E-state index contributed by atoms with van der Waals surface area (Å²) in [5.41, 5.74) is 1.62. The second kappa shape index (κ2) is 8.03. The van der Waals surface area contributed by atoms with Gasteiger partial charge in [-0.3, -0.25) is 9.59 Å². The number of nitrogens with zero attached hydrogens (tertiary/aromatic N) is 2. The van der Waals surface area contributed by atoms with Crippen molar-refractivity contribution in [2.24, 2.45) is 5.92 Å². The summed E-state index contributed by atoms with van der Waals surface area (Å²) in [5.74, 6) is 1.22. The number of piperidine rings is 1. The smallest absolute Gasteiger partial charge is 0.225 e. The molecule has 138 valence electrons. The first-order valence-corrected chi connectivity index (χ1v) is 8.66. The Kier molecular flexibility index (Phi) is 5.55. The lowest BCUT2D eigenvalue weighted by Crippen LogP contribution is -2.45. The highest BCUT2D eigenvalue weighted by atomic mass is 16.5. The lowest BCUT2D eigenvalue weighted by molar-refractivity contribution is -0.139. The van der Waals surface area contributed by atoms with Crippen molar-refractivity contribution < 1.29 is 18.8 Å². The summed E-state index contributed by atoms with van der Waals surface area (Å²) >= 11 is 0. The molecular formula is C19H23N3O4. The monoisotopic (exact) mass is 357 g/mol. The molecular weight excluding hydrogens is 334 g/mol. The number of aryl methyl sites for hydroxylation is 1.